The molecule has 0 amide bonds. The Hall–Kier alpha value is -1.61. The largest absolute Gasteiger partial charge is 0.313 e. The predicted molar refractivity (Wildman–Crippen MR) is 59.7 cm³/mol. The fourth-order valence-corrected chi connectivity index (χ4v) is 1.94. The van der Waals surface area contributed by atoms with Gasteiger partial charge in [0, 0.05) is 0 Å². The lowest BCUT2D eigenvalue weighted by molar-refractivity contribution is 1.26. The van der Waals surface area contributed by atoms with Crippen molar-refractivity contribution in [1.82, 2.24) is 4.98 Å². The zero-order valence-corrected chi connectivity index (χ0v) is 8.30. The van der Waals surface area contributed by atoms with E-state index in [2.05, 4.69) is 11.6 Å². The Morgan fingerprint density at radius 3 is 2.57 bits per heavy atom. The average molecular weight is 203 g/mol. The van der Waals surface area contributed by atoms with Gasteiger partial charge in [-0.3, -0.25) is 4.79 Å². The number of aromatic amines is 1. The summed E-state index contributed by atoms with van der Waals surface area (Å²) in [7, 11) is 0. The molecule has 1 aromatic heterocycles. The van der Waals surface area contributed by atoms with Gasteiger partial charge in [0.15, 0.2) is 0 Å². The molecule has 14 heavy (non-hydrogen) atoms. The minimum Gasteiger partial charge on any atom is -0.313 e. The number of rotatable bonds is 1. The molecule has 0 fully saturated rings. The van der Waals surface area contributed by atoms with Gasteiger partial charge in [0.25, 0.3) is 5.56 Å². The minimum atomic E-state index is -0.0659. The summed E-state index contributed by atoms with van der Waals surface area (Å²) in [4.78, 5) is 14.0. The molecular weight excluding hydrogens is 194 g/mol. The van der Waals surface area contributed by atoms with E-state index in [1.54, 1.807) is 0 Å². The summed E-state index contributed by atoms with van der Waals surface area (Å²) < 4.78 is 1.39. The van der Waals surface area contributed by atoms with Crippen LogP contribution in [0.25, 0.3) is 12.7 Å². The lowest BCUT2D eigenvalue weighted by Crippen LogP contribution is -2.19. The van der Waals surface area contributed by atoms with Crippen molar-refractivity contribution >= 4 is 24.0 Å². The molecule has 1 N–H and O–H groups in total. The Morgan fingerprint density at radius 2 is 2.00 bits per heavy atom. The molecule has 0 aliphatic carbocycles. The van der Waals surface area contributed by atoms with Crippen LogP contribution in [-0.2, 0) is 0 Å². The molecule has 0 spiro atoms. The number of thiazole rings is 1. The van der Waals surface area contributed by atoms with E-state index in [0.717, 1.165) is 5.56 Å². The fourth-order valence-electron chi connectivity index (χ4n) is 1.19. The number of aromatic nitrogens is 1. The van der Waals surface area contributed by atoms with Crippen LogP contribution in [-0.4, -0.2) is 4.98 Å². The molecule has 0 aliphatic rings. The Morgan fingerprint density at radius 1 is 1.29 bits per heavy atom. The number of hydrogen-bond acceptors (Lipinski definition) is 2. The first-order chi connectivity index (χ1) is 6.75. The van der Waals surface area contributed by atoms with Crippen molar-refractivity contribution in [3.05, 3.63) is 55.4 Å². The molecular formula is C11H9NOS. The van der Waals surface area contributed by atoms with Crippen molar-refractivity contribution in [2.24, 2.45) is 0 Å². The van der Waals surface area contributed by atoms with Gasteiger partial charge >= 0.3 is 0 Å². The molecule has 0 unspecified atom stereocenters. The van der Waals surface area contributed by atoms with Crippen molar-refractivity contribution in [1.29, 1.82) is 0 Å². The maximum Gasteiger partial charge on any atom is 0.266 e. The number of benzene rings is 1. The highest BCUT2D eigenvalue weighted by molar-refractivity contribution is 7.07. The van der Waals surface area contributed by atoms with E-state index in [1.807, 2.05) is 36.4 Å². The number of nitrogens with one attached hydrogen (secondary N) is 1. The first-order valence-corrected chi connectivity index (χ1v) is 5.02. The van der Waals surface area contributed by atoms with Crippen molar-refractivity contribution in [3.63, 3.8) is 0 Å². The molecule has 0 saturated heterocycles. The first kappa shape index (κ1) is 8.97. The molecule has 2 aromatic rings. The standard InChI is InChI=1S/C11H9NOS/c1-8-12-11(13)10(14-8)7-9-5-3-2-4-6-9/h2-7H,1H2,(H,12,13)/b10-7-. The van der Waals surface area contributed by atoms with E-state index < -0.39 is 0 Å². The lowest BCUT2D eigenvalue weighted by atomic mass is 10.2. The molecule has 0 radical (unpaired) electrons. The third kappa shape index (κ3) is 1.83. The van der Waals surface area contributed by atoms with Gasteiger partial charge in [-0.2, -0.15) is 0 Å². The van der Waals surface area contributed by atoms with Gasteiger partial charge in [-0.15, -0.1) is 11.3 Å². The summed E-state index contributed by atoms with van der Waals surface area (Å²) in [6, 6.07) is 9.75. The second-order valence-electron chi connectivity index (χ2n) is 2.90. The summed E-state index contributed by atoms with van der Waals surface area (Å²) in [5.74, 6) is 0. The van der Waals surface area contributed by atoms with E-state index in [0.29, 0.717) is 9.20 Å². The zero-order valence-electron chi connectivity index (χ0n) is 7.49. The molecule has 1 heterocycles. The third-order valence-corrected chi connectivity index (χ3v) is 2.68. The highest BCUT2D eigenvalue weighted by Crippen LogP contribution is 1.97. The molecule has 0 bridgehead atoms. The Labute approximate surface area is 84.9 Å². The Balaban J connectivity index is 2.61. The van der Waals surface area contributed by atoms with Gasteiger partial charge in [0.2, 0.25) is 0 Å². The van der Waals surface area contributed by atoms with Crippen LogP contribution in [0.15, 0.2) is 35.1 Å². The van der Waals surface area contributed by atoms with Crippen molar-refractivity contribution in [2.75, 3.05) is 0 Å². The Bertz CT molecular complexity index is 580. The van der Waals surface area contributed by atoms with Crippen LogP contribution < -0.4 is 14.8 Å². The van der Waals surface area contributed by atoms with Gasteiger partial charge in [0.1, 0.15) is 0 Å². The van der Waals surface area contributed by atoms with Gasteiger partial charge in [-0.05, 0) is 11.6 Å². The normalized spacial score (nSPS) is 11.9. The van der Waals surface area contributed by atoms with Gasteiger partial charge < -0.3 is 4.98 Å². The van der Waals surface area contributed by atoms with Crippen LogP contribution in [0.4, 0.5) is 0 Å². The van der Waals surface area contributed by atoms with E-state index in [1.165, 1.54) is 11.3 Å². The van der Waals surface area contributed by atoms with Crippen LogP contribution >= 0.6 is 11.3 Å². The molecule has 3 heteroatoms. The maximum absolute atomic E-state index is 11.3. The average Bonchev–Trinajstić information content (AvgIpc) is 2.47. The SMILES string of the molecule is C=c1[nH]c(=O)/c(=C/c2ccccc2)s1. The molecule has 0 aliphatic heterocycles. The monoisotopic (exact) mass is 203 g/mol. The van der Waals surface area contributed by atoms with Gasteiger partial charge in [-0.1, -0.05) is 36.9 Å². The van der Waals surface area contributed by atoms with Crippen LogP contribution in [0.3, 0.4) is 0 Å². The van der Waals surface area contributed by atoms with Gasteiger partial charge in [0.05, 0.1) is 9.20 Å². The summed E-state index contributed by atoms with van der Waals surface area (Å²) in [5, 5.41) is 0. The highest BCUT2D eigenvalue weighted by Gasteiger charge is 1.92. The predicted octanol–water partition coefficient (Wildman–Crippen LogP) is 0.675. The van der Waals surface area contributed by atoms with E-state index in [9.17, 15) is 4.79 Å². The lowest BCUT2D eigenvalue weighted by Gasteiger charge is -1.87. The fraction of sp³-hybridized carbons (Fsp3) is 0. The van der Waals surface area contributed by atoms with Gasteiger partial charge in [-0.25, -0.2) is 0 Å². The Kier molecular flexibility index (Phi) is 2.33. The topological polar surface area (TPSA) is 32.9 Å². The van der Waals surface area contributed by atoms with E-state index in [-0.39, 0.29) is 5.56 Å². The van der Waals surface area contributed by atoms with Crippen LogP contribution in [0, 0.1) is 0 Å². The minimum absolute atomic E-state index is 0.0659. The molecule has 0 saturated carbocycles. The molecule has 0 atom stereocenters. The van der Waals surface area contributed by atoms with Crippen LogP contribution in [0.5, 0.6) is 0 Å². The molecule has 70 valence electrons. The van der Waals surface area contributed by atoms with E-state index >= 15 is 0 Å². The summed E-state index contributed by atoms with van der Waals surface area (Å²) >= 11 is 1.37. The maximum atomic E-state index is 11.3. The molecule has 2 nitrogen and oxygen atoms in total. The summed E-state index contributed by atoms with van der Waals surface area (Å²) in [6.45, 7) is 3.69. The first-order valence-electron chi connectivity index (χ1n) is 4.20. The zero-order chi connectivity index (χ0) is 9.97. The van der Waals surface area contributed by atoms with Crippen molar-refractivity contribution in [2.45, 2.75) is 0 Å². The number of hydrogen-bond donors (Lipinski definition) is 1. The smallest absolute Gasteiger partial charge is 0.266 e. The highest BCUT2D eigenvalue weighted by atomic mass is 32.1. The second-order valence-corrected chi connectivity index (χ2v) is 4.04. The quantitative estimate of drug-likeness (QED) is 0.726. The number of H-pyrrole nitrogens is 1. The third-order valence-electron chi connectivity index (χ3n) is 1.81. The van der Waals surface area contributed by atoms with Crippen molar-refractivity contribution < 1.29 is 0 Å². The van der Waals surface area contributed by atoms with Crippen molar-refractivity contribution in [3.8, 4) is 0 Å². The summed E-state index contributed by atoms with van der Waals surface area (Å²) in [5.41, 5.74) is 0.962. The summed E-state index contributed by atoms with van der Waals surface area (Å²) in [6.07, 6.45) is 1.86. The second kappa shape index (κ2) is 3.64. The van der Waals surface area contributed by atoms with Crippen LogP contribution in [0.2, 0.25) is 0 Å². The van der Waals surface area contributed by atoms with E-state index in [4.69, 9.17) is 0 Å². The molecule has 1 aromatic carbocycles. The van der Waals surface area contributed by atoms with Crippen LogP contribution in [0.1, 0.15) is 5.56 Å². The molecule has 2 rings (SSSR count).